The number of benzene rings is 2. The number of rotatable bonds is 5. The van der Waals surface area contributed by atoms with Gasteiger partial charge in [0.15, 0.2) is 0 Å². The molecule has 1 N–H and O–H groups in total. The zero-order valence-corrected chi connectivity index (χ0v) is 15.1. The van der Waals surface area contributed by atoms with Gasteiger partial charge in [-0.2, -0.15) is 4.68 Å². The summed E-state index contributed by atoms with van der Waals surface area (Å²) in [5.41, 5.74) is 3.08. The molecule has 8 heteroatoms. The Kier molecular flexibility index (Phi) is 4.52. The van der Waals surface area contributed by atoms with Gasteiger partial charge in [-0.05, 0) is 30.3 Å². The van der Waals surface area contributed by atoms with Crippen molar-refractivity contribution in [3.63, 3.8) is 0 Å². The number of pyridine rings is 1. The molecule has 7 nitrogen and oxygen atoms in total. The molecule has 27 heavy (non-hydrogen) atoms. The van der Waals surface area contributed by atoms with E-state index in [2.05, 4.69) is 15.4 Å². The summed E-state index contributed by atoms with van der Waals surface area (Å²) in [6.07, 6.45) is -0.0904. The Morgan fingerprint density at radius 3 is 2.85 bits per heavy atom. The van der Waals surface area contributed by atoms with Crippen LogP contribution in [0.3, 0.4) is 0 Å². The topological polar surface area (TPSA) is 82.2 Å². The zero-order chi connectivity index (χ0) is 18.8. The van der Waals surface area contributed by atoms with Crippen molar-refractivity contribution in [3.8, 4) is 11.8 Å². The first kappa shape index (κ1) is 17.1. The molecule has 0 radical (unpaired) electrons. The molecule has 2 aromatic carbocycles. The molecule has 4 rings (SSSR count). The summed E-state index contributed by atoms with van der Waals surface area (Å²) in [6.45, 7) is 0.483. The van der Waals surface area contributed by atoms with Crippen LogP contribution in [0.4, 0.5) is 5.69 Å². The molecular weight excluding hydrogens is 368 g/mol. The minimum absolute atomic E-state index is 0.0904. The number of fused-ring (bicyclic) bond motifs is 1. The standard InChI is InChI=1S/C19H15ClN4O3/c1-26-18-23-24(19(25)27-18)15-7-4-6-14(10-15)21-11-13-9-12-5-2-3-8-16(12)22-17(13)20/h2-10,21H,11H2,1H3. The van der Waals surface area contributed by atoms with E-state index in [0.717, 1.165) is 26.8 Å². The van der Waals surface area contributed by atoms with Gasteiger partial charge in [0.05, 0.1) is 18.3 Å². The van der Waals surface area contributed by atoms with Crippen LogP contribution >= 0.6 is 11.6 Å². The number of hydrogen-bond donors (Lipinski definition) is 1. The number of methoxy groups -OCH3 is 1. The number of halogens is 1. The molecule has 0 fully saturated rings. The molecule has 4 aromatic rings. The molecule has 0 aliphatic carbocycles. The number of ether oxygens (including phenoxy) is 1. The molecule has 0 unspecified atom stereocenters. The van der Waals surface area contributed by atoms with Crippen molar-refractivity contribution in [2.24, 2.45) is 0 Å². The predicted molar refractivity (Wildman–Crippen MR) is 103 cm³/mol. The van der Waals surface area contributed by atoms with Crippen LogP contribution in [0.5, 0.6) is 6.08 Å². The van der Waals surface area contributed by atoms with Crippen LogP contribution in [-0.2, 0) is 6.54 Å². The third-order valence-corrected chi connectivity index (χ3v) is 4.35. The maximum atomic E-state index is 11.9. The maximum Gasteiger partial charge on any atom is 0.444 e. The van der Waals surface area contributed by atoms with E-state index in [1.807, 2.05) is 42.5 Å². The highest BCUT2D eigenvalue weighted by molar-refractivity contribution is 6.30. The molecule has 136 valence electrons. The monoisotopic (exact) mass is 382 g/mol. The van der Waals surface area contributed by atoms with E-state index in [0.29, 0.717) is 17.4 Å². The number of para-hydroxylation sites is 1. The average molecular weight is 383 g/mol. The van der Waals surface area contributed by atoms with Crippen LogP contribution < -0.4 is 15.8 Å². The van der Waals surface area contributed by atoms with Crippen LogP contribution in [0.1, 0.15) is 5.56 Å². The van der Waals surface area contributed by atoms with E-state index in [1.165, 1.54) is 7.11 Å². The van der Waals surface area contributed by atoms with Crippen LogP contribution in [-0.4, -0.2) is 21.9 Å². The third-order valence-electron chi connectivity index (χ3n) is 4.03. The van der Waals surface area contributed by atoms with Crippen molar-refractivity contribution in [2.75, 3.05) is 12.4 Å². The number of anilines is 1. The molecule has 2 aromatic heterocycles. The van der Waals surface area contributed by atoms with E-state index in [-0.39, 0.29) is 6.08 Å². The summed E-state index contributed by atoms with van der Waals surface area (Å²) >= 11 is 6.30. The van der Waals surface area contributed by atoms with Gasteiger partial charge in [-0.25, -0.2) is 9.78 Å². The van der Waals surface area contributed by atoms with E-state index >= 15 is 0 Å². The predicted octanol–water partition coefficient (Wildman–Crippen LogP) is 3.65. The van der Waals surface area contributed by atoms with Gasteiger partial charge < -0.3 is 14.5 Å². The number of hydrogen-bond acceptors (Lipinski definition) is 6. The molecule has 2 heterocycles. The minimum Gasteiger partial charge on any atom is -0.452 e. The fourth-order valence-electron chi connectivity index (χ4n) is 2.71. The number of nitrogens with one attached hydrogen (secondary N) is 1. The molecule has 0 aliphatic rings. The summed E-state index contributed by atoms with van der Waals surface area (Å²) in [4.78, 5) is 16.3. The lowest BCUT2D eigenvalue weighted by atomic mass is 10.1. The zero-order valence-electron chi connectivity index (χ0n) is 14.3. The molecule has 0 spiro atoms. The van der Waals surface area contributed by atoms with Gasteiger partial charge in [-0.3, -0.25) is 0 Å². The van der Waals surface area contributed by atoms with Crippen molar-refractivity contribution in [1.82, 2.24) is 14.8 Å². The summed E-state index contributed by atoms with van der Waals surface area (Å²) in [6, 6.07) is 17.0. The quantitative estimate of drug-likeness (QED) is 0.530. The lowest BCUT2D eigenvalue weighted by molar-refractivity contribution is 0.282. The summed E-state index contributed by atoms with van der Waals surface area (Å²) < 4.78 is 10.9. The fourth-order valence-corrected chi connectivity index (χ4v) is 2.92. The molecule has 0 atom stereocenters. The highest BCUT2D eigenvalue weighted by Gasteiger charge is 2.11. The molecule has 0 aliphatic heterocycles. The second-order valence-electron chi connectivity index (χ2n) is 5.78. The summed E-state index contributed by atoms with van der Waals surface area (Å²) in [5, 5.41) is 8.73. The Labute approximate surface area is 159 Å². The van der Waals surface area contributed by atoms with Crippen LogP contribution in [0.15, 0.2) is 63.8 Å². The Balaban J connectivity index is 1.58. The second kappa shape index (κ2) is 7.13. The van der Waals surface area contributed by atoms with E-state index < -0.39 is 5.76 Å². The fraction of sp³-hybridized carbons (Fsp3) is 0.105. The average Bonchev–Trinajstić information content (AvgIpc) is 3.07. The van der Waals surface area contributed by atoms with Gasteiger partial charge in [0.25, 0.3) is 0 Å². The van der Waals surface area contributed by atoms with Crippen LogP contribution in [0.2, 0.25) is 5.15 Å². The van der Waals surface area contributed by atoms with E-state index in [1.54, 1.807) is 12.1 Å². The molecule has 0 amide bonds. The lowest BCUT2D eigenvalue weighted by Crippen LogP contribution is -2.13. The molecule has 0 saturated heterocycles. The molecule has 0 bridgehead atoms. The second-order valence-corrected chi connectivity index (χ2v) is 6.14. The van der Waals surface area contributed by atoms with Crippen molar-refractivity contribution >= 4 is 28.2 Å². The van der Waals surface area contributed by atoms with Crippen molar-refractivity contribution < 1.29 is 9.15 Å². The maximum absolute atomic E-state index is 11.9. The minimum atomic E-state index is -0.620. The van der Waals surface area contributed by atoms with Gasteiger partial charge in [-0.15, -0.1) is 0 Å². The normalized spacial score (nSPS) is 10.9. The van der Waals surface area contributed by atoms with E-state index in [4.69, 9.17) is 20.8 Å². The Bertz CT molecular complexity index is 1170. The SMILES string of the molecule is COc1nn(-c2cccc(NCc3cc4ccccc4nc3Cl)c2)c(=O)o1. The van der Waals surface area contributed by atoms with Gasteiger partial charge in [0, 0.05) is 23.2 Å². The van der Waals surface area contributed by atoms with Gasteiger partial charge in [0.2, 0.25) is 0 Å². The summed E-state index contributed by atoms with van der Waals surface area (Å²) in [7, 11) is 1.38. The number of nitrogens with zero attached hydrogens (tertiary/aromatic N) is 3. The molecular formula is C19H15ClN4O3. The number of aromatic nitrogens is 3. The highest BCUT2D eigenvalue weighted by Crippen LogP contribution is 2.22. The first-order valence-electron chi connectivity index (χ1n) is 8.16. The first-order chi connectivity index (χ1) is 13.1. The summed E-state index contributed by atoms with van der Waals surface area (Å²) in [5.74, 6) is -0.620. The van der Waals surface area contributed by atoms with Crippen molar-refractivity contribution in [2.45, 2.75) is 6.54 Å². The Morgan fingerprint density at radius 2 is 2.04 bits per heavy atom. The molecule has 0 saturated carbocycles. The first-order valence-corrected chi connectivity index (χ1v) is 8.54. The van der Waals surface area contributed by atoms with Crippen LogP contribution in [0, 0.1) is 0 Å². The van der Waals surface area contributed by atoms with Crippen molar-refractivity contribution in [1.29, 1.82) is 0 Å². The highest BCUT2D eigenvalue weighted by atomic mass is 35.5. The third kappa shape index (κ3) is 3.50. The Hall–Kier alpha value is -3.32. The smallest absolute Gasteiger partial charge is 0.444 e. The van der Waals surface area contributed by atoms with Gasteiger partial charge in [0.1, 0.15) is 5.15 Å². The van der Waals surface area contributed by atoms with Crippen molar-refractivity contribution in [3.05, 3.63) is 75.9 Å². The largest absolute Gasteiger partial charge is 0.452 e. The Morgan fingerprint density at radius 1 is 1.19 bits per heavy atom. The van der Waals surface area contributed by atoms with Gasteiger partial charge >= 0.3 is 11.8 Å². The van der Waals surface area contributed by atoms with Gasteiger partial charge in [-0.1, -0.05) is 41.0 Å². The van der Waals surface area contributed by atoms with E-state index in [9.17, 15) is 4.79 Å². The lowest BCUT2D eigenvalue weighted by Gasteiger charge is -2.10. The van der Waals surface area contributed by atoms with Crippen LogP contribution in [0.25, 0.3) is 16.6 Å².